The first-order valence-corrected chi connectivity index (χ1v) is 8.96. The lowest BCUT2D eigenvalue weighted by Gasteiger charge is -2.35. The van der Waals surface area contributed by atoms with E-state index in [1.165, 1.54) is 0 Å². The van der Waals surface area contributed by atoms with E-state index < -0.39 is 5.41 Å². The van der Waals surface area contributed by atoms with Crippen LogP contribution in [0, 0.1) is 5.41 Å². The van der Waals surface area contributed by atoms with Gasteiger partial charge in [0.25, 0.3) is 0 Å². The minimum Gasteiger partial charge on any atom is -0.384 e. The first kappa shape index (κ1) is 19.8. The van der Waals surface area contributed by atoms with Crippen LogP contribution in [-0.2, 0) is 25.6 Å². The molecule has 2 N–H and O–H groups in total. The number of nitrogens with one attached hydrogen (secondary N) is 2. The number of hydrogen-bond donors (Lipinski definition) is 2. The van der Waals surface area contributed by atoms with Crippen molar-refractivity contribution < 1.29 is 19.0 Å². The Balaban J connectivity index is 1.92. The molecule has 0 bridgehead atoms. The molecule has 0 radical (unpaired) electrons. The average Bonchev–Trinajstić information content (AvgIpc) is 2.63. The summed E-state index contributed by atoms with van der Waals surface area (Å²) in [5, 5.41) is 6.36. The van der Waals surface area contributed by atoms with Gasteiger partial charge in [0, 0.05) is 19.4 Å². The van der Waals surface area contributed by atoms with Crippen molar-refractivity contribution in [2.24, 2.45) is 5.41 Å². The summed E-state index contributed by atoms with van der Waals surface area (Å²) < 4.78 is 16.2. The molecule has 1 amide bonds. The summed E-state index contributed by atoms with van der Waals surface area (Å²) in [5.74, 6) is 0.0327. The van der Waals surface area contributed by atoms with Crippen molar-refractivity contribution in [1.29, 1.82) is 0 Å². The van der Waals surface area contributed by atoms with Gasteiger partial charge >= 0.3 is 0 Å². The smallest absolute Gasteiger partial charge is 0.233 e. The lowest BCUT2D eigenvalue weighted by atomic mass is 9.78. The van der Waals surface area contributed by atoms with Crippen LogP contribution in [0.25, 0.3) is 0 Å². The summed E-state index contributed by atoms with van der Waals surface area (Å²) in [6.07, 6.45) is 1.57. The maximum Gasteiger partial charge on any atom is 0.233 e. The summed E-state index contributed by atoms with van der Waals surface area (Å²) in [6.45, 7) is 6.45. The number of ether oxygens (including phenoxy) is 3. The number of carbonyl (C=O) groups excluding carboxylic acids is 1. The van der Waals surface area contributed by atoms with Gasteiger partial charge in [0.1, 0.15) is 0 Å². The summed E-state index contributed by atoms with van der Waals surface area (Å²) in [4.78, 5) is 12.9. The van der Waals surface area contributed by atoms with E-state index in [1.807, 2.05) is 31.2 Å². The van der Waals surface area contributed by atoms with E-state index in [1.54, 1.807) is 7.11 Å². The van der Waals surface area contributed by atoms with E-state index in [-0.39, 0.29) is 5.91 Å². The van der Waals surface area contributed by atoms with Crippen molar-refractivity contribution >= 4 is 11.6 Å². The number of carbonyl (C=O) groups is 1. The Morgan fingerprint density at radius 3 is 2.72 bits per heavy atom. The van der Waals surface area contributed by atoms with Crippen molar-refractivity contribution in [1.82, 2.24) is 5.32 Å². The lowest BCUT2D eigenvalue weighted by Crippen LogP contribution is -2.47. The molecule has 1 aromatic carbocycles. The number of benzene rings is 1. The Bertz CT molecular complexity index is 524. The highest BCUT2D eigenvalue weighted by Gasteiger charge is 2.39. The minimum absolute atomic E-state index is 0.0327. The highest BCUT2D eigenvalue weighted by atomic mass is 16.5. The first-order chi connectivity index (χ1) is 12.2. The van der Waals surface area contributed by atoms with Crippen LogP contribution in [0.1, 0.15) is 25.3 Å². The molecule has 0 aliphatic carbocycles. The third kappa shape index (κ3) is 6.08. The van der Waals surface area contributed by atoms with Gasteiger partial charge in [-0.2, -0.15) is 0 Å². The Hall–Kier alpha value is -1.47. The molecule has 1 aliphatic heterocycles. The van der Waals surface area contributed by atoms with Crippen LogP contribution in [0.4, 0.5) is 5.69 Å². The molecule has 0 spiro atoms. The monoisotopic (exact) mass is 350 g/mol. The van der Waals surface area contributed by atoms with Crippen LogP contribution in [0.5, 0.6) is 0 Å². The fourth-order valence-electron chi connectivity index (χ4n) is 3.07. The Morgan fingerprint density at radius 2 is 2.00 bits per heavy atom. The van der Waals surface area contributed by atoms with Gasteiger partial charge in [-0.25, -0.2) is 0 Å². The lowest BCUT2D eigenvalue weighted by molar-refractivity contribution is -0.130. The standard InChI is InChI=1S/C19H30N2O4/c1-3-24-11-12-25-14-16-5-4-6-17(13-16)21-18(22)19(15-23-2)7-9-20-10-8-19/h4-6,13,20H,3,7-12,14-15H2,1-2H3,(H,21,22). The molecule has 0 atom stereocenters. The number of rotatable bonds is 10. The highest BCUT2D eigenvalue weighted by Crippen LogP contribution is 2.31. The van der Waals surface area contributed by atoms with Gasteiger partial charge in [-0.1, -0.05) is 12.1 Å². The fraction of sp³-hybridized carbons (Fsp3) is 0.632. The number of hydrogen-bond acceptors (Lipinski definition) is 5. The van der Waals surface area contributed by atoms with E-state index in [2.05, 4.69) is 10.6 Å². The summed E-state index contributed by atoms with van der Waals surface area (Å²) in [6, 6.07) is 7.79. The zero-order valence-electron chi connectivity index (χ0n) is 15.3. The van der Waals surface area contributed by atoms with Crippen molar-refractivity contribution in [2.45, 2.75) is 26.4 Å². The van der Waals surface area contributed by atoms with E-state index >= 15 is 0 Å². The predicted octanol–water partition coefficient (Wildman–Crippen LogP) is 2.19. The second kappa shape index (κ2) is 10.5. The molecule has 25 heavy (non-hydrogen) atoms. The third-order valence-electron chi connectivity index (χ3n) is 4.49. The molecule has 1 aromatic rings. The second-order valence-electron chi connectivity index (χ2n) is 6.37. The van der Waals surface area contributed by atoms with Crippen LogP contribution in [0.3, 0.4) is 0 Å². The van der Waals surface area contributed by atoms with Crippen molar-refractivity contribution in [2.75, 3.05) is 51.9 Å². The van der Waals surface area contributed by atoms with Gasteiger partial charge in [0.05, 0.1) is 31.8 Å². The molecule has 1 aliphatic rings. The molecular formula is C19H30N2O4. The molecule has 0 aromatic heterocycles. The molecule has 1 fully saturated rings. The first-order valence-electron chi connectivity index (χ1n) is 8.96. The zero-order chi connectivity index (χ0) is 18.0. The molecule has 6 heteroatoms. The summed E-state index contributed by atoms with van der Waals surface area (Å²) >= 11 is 0. The van der Waals surface area contributed by atoms with Gasteiger partial charge in [-0.3, -0.25) is 4.79 Å². The highest BCUT2D eigenvalue weighted by molar-refractivity contribution is 5.95. The maximum absolute atomic E-state index is 12.9. The number of methoxy groups -OCH3 is 1. The van der Waals surface area contributed by atoms with Crippen LogP contribution in [0.15, 0.2) is 24.3 Å². The largest absolute Gasteiger partial charge is 0.384 e. The van der Waals surface area contributed by atoms with Gasteiger partial charge in [0.2, 0.25) is 5.91 Å². The molecule has 0 saturated carbocycles. The molecular weight excluding hydrogens is 320 g/mol. The quantitative estimate of drug-likeness (QED) is 0.633. The molecule has 140 valence electrons. The molecule has 2 rings (SSSR count). The number of piperidine rings is 1. The molecule has 0 unspecified atom stereocenters. The van der Waals surface area contributed by atoms with Crippen LogP contribution in [-0.4, -0.2) is 52.5 Å². The zero-order valence-corrected chi connectivity index (χ0v) is 15.3. The normalized spacial score (nSPS) is 16.6. The van der Waals surface area contributed by atoms with Crippen molar-refractivity contribution in [3.8, 4) is 0 Å². The van der Waals surface area contributed by atoms with E-state index in [0.717, 1.165) is 37.2 Å². The third-order valence-corrected chi connectivity index (χ3v) is 4.49. The SMILES string of the molecule is CCOCCOCc1cccc(NC(=O)C2(COC)CCNCC2)c1. The summed E-state index contributed by atoms with van der Waals surface area (Å²) in [7, 11) is 1.65. The number of anilines is 1. The fourth-order valence-corrected chi connectivity index (χ4v) is 3.07. The molecule has 1 saturated heterocycles. The van der Waals surface area contributed by atoms with Crippen molar-refractivity contribution in [3.05, 3.63) is 29.8 Å². The predicted molar refractivity (Wildman–Crippen MR) is 97.6 cm³/mol. The molecule has 6 nitrogen and oxygen atoms in total. The average molecular weight is 350 g/mol. The van der Waals surface area contributed by atoms with Gasteiger partial charge in [-0.05, 0) is 50.6 Å². The van der Waals surface area contributed by atoms with Gasteiger partial charge < -0.3 is 24.8 Å². The van der Waals surface area contributed by atoms with E-state index in [4.69, 9.17) is 14.2 Å². The minimum atomic E-state index is -0.454. The number of amides is 1. The summed E-state index contributed by atoms with van der Waals surface area (Å²) in [5.41, 5.74) is 1.37. The van der Waals surface area contributed by atoms with Crippen LogP contribution in [0.2, 0.25) is 0 Å². The Labute approximate surface area is 150 Å². The second-order valence-corrected chi connectivity index (χ2v) is 6.37. The van der Waals surface area contributed by atoms with Gasteiger partial charge in [0.15, 0.2) is 0 Å². The van der Waals surface area contributed by atoms with Crippen molar-refractivity contribution in [3.63, 3.8) is 0 Å². The van der Waals surface area contributed by atoms with Crippen LogP contribution >= 0.6 is 0 Å². The van der Waals surface area contributed by atoms with E-state index in [9.17, 15) is 4.79 Å². The van der Waals surface area contributed by atoms with Gasteiger partial charge in [-0.15, -0.1) is 0 Å². The van der Waals surface area contributed by atoms with Crippen LogP contribution < -0.4 is 10.6 Å². The topological polar surface area (TPSA) is 68.8 Å². The molecule has 1 heterocycles. The Kier molecular flexibility index (Phi) is 8.34. The maximum atomic E-state index is 12.9. The van der Waals surface area contributed by atoms with E-state index in [0.29, 0.717) is 33.0 Å². The Morgan fingerprint density at radius 1 is 1.24 bits per heavy atom.